The minimum atomic E-state index is -0.461. The first-order chi connectivity index (χ1) is 10.2. The number of para-hydroxylation sites is 3. The molecule has 0 aliphatic heterocycles. The van der Waals surface area contributed by atoms with Gasteiger partial charge in [0.15, 0.2) is 11.5 Å². The molecule has 0 saturated carbocycles. The van der Waals surface area contributed by atoms with E-state index >= 15 is 0 Å². The lowest BCUT2D eigenvalue weighted by Crippen LogP contribution is -2.13. The van der Waals surface area contributed by atoms with Gasteiger partial charge in [0.05, 0.1) is 12.7 Å². The lowest BCUT2D eigenvalue weighted by atomic mass is 10.2. The topological polar surface area (TPSA) is 70.8 Å². The number of ether oxygens (including phenoxy) is 3. The third-order valence-electron chi connectivity index (χ3n) is 2.82. The number of methoxy groups -OCH3 is 1. The maximum Gasteiger partial charge on any atom is 0.340 e. The molecule has 5 nitrogen and oxygen atoms in total. The van der Waals surface area contributed by atoms with Crippen LogP contribution in [-0.2, 0) is 4.74 Å². The number of rotatable bonds is 6. The molecule has 0 spiro atoms. The maximum atomic E-state index is 11.8. The Labute approximate surface area is 123 Å². The number of nitrogens with two attached hydrogens (primary N) is 1. The van der Waals surface area contributed by atoms with Crippen molar-refractivity contribution in [2.75, 3.05) is 26.1 Å². The van der Waals surface area contributed by atoms with Crippen LogP contribution in [0.3, 0.4) is 0 Å². The largest absolute Gasteiger partial charge is 0.493 e. The fraction of sp³-hybridized carbons (Fsp3) is 0.188. The Balaban J connectivity index is 1.82. The number of hydrogen-bond donors (Lipinski definition) is 1. The van der Waals surface area contributed by atoms with E-state index in [1.807, 2.05) is 12.1 Å². The van der Waals surface area contributed by atoms with Crippen molar-refractivity contribution in [3.8, 4) is 11.5 Å². The summed E-state index contributed by atoms with van der Waals surface area (Å²) < 4.78 is 15.8. The van der Waals surface area contributed by atoms with Gasteiger partial charge in [0.1, 0.15) is 13.2 Å². The van der Waals surface area contributed by atoms with Gasteiger partial charge in [-0.2, -0.15) is 0 Å². The third-order valence-corrected chi connectivity index (χ3v) is 2.82. The minimum Gasteiger partial charge on any atom is -0.493 e. The molecule has 0 atom stereocenters. The molecule has 0 aromatic heterocycles. The summed E-state index contributed by atoms with van der Waals surface area (Å²) in [6.07, 6.45) is 0. The molecule has 0 amide bonds. The van der Waals surface area contributed by atoms with Crippen LogP contribution in [0.5, 0.6) is 11.5 Å². The van der Waals surface area contributed by atoms with Gasteiger partial charge in [0.25, 0.3) is 0 Å². The Morgan fingerprint density at radius 3 is 2.38 bits per heavy atom. The van der Waals surface area contributed by atoms with Crippen LogP contribution in [0.1, 0.15) is 10.4 Å². The van der Waals surface area contributed by atoms with Crippen molar-refractivity contribution in [3.05, 3.63) is 54.1 Å². The highest BCUT2D eigenvalue weighted by Crippen LogP contribution is 2.25. The highest BCUT2D eigenvalue weighted by atomic mass is 16.6. The quantitative estimate of drug-likeness (QED) is 0.502. The Morgan fingerprint density at radius 1 is 1.00 bits per heavy atom. The van der Waals surface area contributed by atoms with Crippen LogP contribution in [-0.4, -0.2) is 26.3 Å². The molecule has 2 N–H and O–H groups in total. The summed E-state index contributed by atoms with van der Waals surface area (Å²) in [4.78, 5) is 11.8. The summed E-state index contributed by atoms with van der Waals surface area (Å²) in [5.41, 5.74) is 6.46. The molecule has 0 bridgehead atoms. The van der Waals surface area contributed by atoms with Crippen molar-refractivity contribution in [3.63, 3.8) is 0 Å². The van der Waals surface area contributed by atoms with Crippen LogP contribution in [0, 0.1) is 0 Å². The fourth-order valence-electron chi connectivity index (χ4n) is 1.78. The average Bonchev–Trinajstić information content (AvgIpc) is 2.52. The zero-order valence-electron chi connectivity index (χ0n) is 11.7. The Hall–Kier alpha value is -2.69. The van der Waals surface area contributed by atoms with E-state index in [-0.39, 0.29) is 13.2 Å². The molecule has 5 heteroatoms. The molecule has 0 unspecified atom stereocenters. The first kappa shape index (κ1) is 14.7. The van der Waals surface area contributed by atoms with Crippen molar-refractivity contribution in [2.24, 2.45) is 0 Å². The van der Waals surface area contributed by atoms with Gasteiger partial charge in [-0.25, -0.2) is 4.79 Å². The first-order valence-corrected chi connectivity index (χ1v) is 6.50. The zero-order chi connectivity index (χ0) is 15.1. The molecule has 0 radical (unpaired) electrons. The van der Waals surface area contributed by atoms with Gasteiger partial charge >= 0.3 is 5.97 Å². The second-order valence-corrected chi connectivity index (χ2v) is 4.22. The molecular weight excluding hydrogens is 270 g/mol. The van der Waals surface area contributed by atoms with E-state index < -0.39 is 5.97 Å². The molecule has 0 saturated heterocycles. The molecule has 0 heterocycles. The van der Waals surface area contributed by atoms with Gasteiger partial charge in [-0.05, 0) is 24.3 Å². The van der Waals surface area contributed by atoms with Crippen LogP contribution in [0.2, 0.25) is 0 Å². The van der Waals surface area contributed by atoms with Crippen molar-refractivity contribution in [1.82, 2.24) is 0 Å². The lowest BCUT2D eigenvalue weighted by Gasteiger charge is -2.11. The number of nitrogen functional groups attached to an aromatic ring is 1. The molecule has 2 aromatic carbocycles. The summed E-state index contributed by atoms with van der Waals surface area (Å²) in [6, 6.07) is 14.1. The smallest absolute Gasteiger partial charge is 0.340 e. The van der Waals surface area contributed by atoms with Gasteiger partial charge in [0.2, 0.25) is 0 Å². The minimum absolute atomic E-state index is 0.130. The van der Waals surface area contributed by atoms with Crippen LogP contribution < -0.4 is 15.2 Å². The third kappa shape index (κ3) is 3.89. The number of benzene rings is 2. The van der Waals surface area contributed by atoms with Crippen molar-refractivity contribution in [1.29, 1.82) is 0 Å². The van der Waals surface area contributed by atoms with E-state index in [1.54, 1.807) is 43.5 Å². The molecule has 110 valence electrons. The van der Waals surface area contributed by atoms with Gasteiger partial charge in [-0.1, -0.05) is 24.3 Å². The van der Waals surface area contributed by atoms with Crippen LogP contribution in [0.15, 0.2) is 48.5 Å². The number of esters is 1. The predicted molar refractivity (Wildman–Crippen MR) is 79.6 cm³/mol. The van der Waals surface area contributed by atoms with Gasteiger partial charge in [-0.3, -0.25) is 0 Å². The predicted octanol–water partition coefficient (Wildman–Crippen LogP) is 2.51. The van der Waals surface area contributed by atoms with E-state index in [9.17, 15) is 4.79 Å². The second kappa shape index (κ2) is 7.19. The standard InChI is InChI=1S/C16H17NO4/c1-19-14-8-4-5-9-15(14)20-10-11-21-16(18)12-6-2-3-7-13(12)17/h2-9H,10-11,17H2,1H3. The first-order valence-electron chi connectivity index (χ1n) is 6.50. The second-order valence-electron chi connectivity index (χ2n) is 4.22. The number of carbonyl (C=O) groups excluding carboxylic acids is 1. The maximum absolute atomic E-state index is 11.8. The number of hydrogen-bond acceptors (Lipinski definition) is 5. The summed E-state index contributed by atoms with van der Waals surface area (Å²) in [7, 11) is 1.57. The summed E-state index contributed by atoms with van der Waals surface area (Å²) >= 11 is 0. The molecular formula is C16H17NO4. The van der Waals surface area contributed by atoms with Crippen molar-refractivity contribution < 1.29 is 19.0 Å². The zero-order valence-corrected chi connectivity index (χ0v) is 11.7. The van der Waals surface area contributed by atoms with Crippen LogP contribution >= 0.6 is 0 Å². The summed E-state index contributed by atoms with van der Waals surface area (Å²) in [6.45, 7) is 0.365. The van der Waals surface area contributed by atoms with Gasteiger partial charge in [-0.15, -0.1) is 0 Å². The molecule has 2 rings (SSSR count). The molecule has 0 fully saturated rings. The average molecular weight is 287 g/mol. The van der Waals surface area contributed by atoms with Crippen molar-refractivity contribution >= 4 is 11.7 Å². The fourth-order valence-corrected chi connectivity index (χ4v) is 1.78. The SMILES string of the molecule is COc1ccccc1OCCOC(=O)c1ccccc1N. The molecule has 0 aliphatic carbocycles. The normalized spacial score (nSPS) is 9.95. The monoisotopic (exact) mass is 287 g/mol. The van der Waals surface area contributed by atoms with E-state index in [0.29, 0.717) is 22.7 Å². The summed E-state index contributed by atoms with van der Waals surface area (Å²) in [5, 5.41) is 0. The highest BCUT2D eigenvalue weighted by Gasteiger charge is 2.10. The highest BCUT2D eigenvalue weighted by molar-refractivity contribution is 5.94. The van der Waals surface area contributed by atoms with Crippen LogP contribution in [0.4, 0.5) is 5.69 Å². The van der Waals surface area contributed by atoms with Crippen molar-refractivity contribution in [2.45, 2.75) is 0 Å². The van der Waals surface area contributed by atoms with Gasteiger partial charge < -0.3 is 19.9 Å². The van der Waals surface area contributed by atoms with E-state index in [4.69, 9.17) is 19.9 Å². The Kier molecular flexibility index (Phi) is 5.04. The molecule has 0 aliphatic rings. The lowest BCUT2D eigenvalue weighted by molar-refractivity contribution is 0.0450. The molecule has 2 aromatic rings. The van der Waals surface area contributed by atoms with E-state index in [2.05, 4.69) is 0 Å². The Bertz CT molecular complexity index is 613. The summed E-state index contributed by atoms with van der Waals surface area (Å²) in [5.74, 6) is 0.781. The number of anilines is 1. The molecule has 21 heavy (non-hydrogen) atoms. The van der Waals surface area contributed by atoms with Gasteiger partial charge in [0, 0.05) is 5.69 Å². The van der Waals surface area contributed by atoms with E-state index in [1.165, 1.54) is 0 Å². The van der Waals surface area contributed by atoms with E-state index in [0.717, 1.165) is 0 Å². The number of carbonyl (C=O) groups is 1. The van der Waals surface area contributed by atoms with Crippen LogP contribution in [0.25, 0.3) is 0 Å². The Morgan fingerprint density at radius 2 is 1.67 bits per heavy atom.